The Balaban J connectivity index is 1.83. The van der Waals surface area contributed by atoms with Crippen molar-refractivity contribution < 1.29 is 23.5 Å². The van der Waals surface area contributed by atoms with Gasteiger partial charge >= 0.3 is 5.97 Å². The Bertz CT molecular complexity index is 699. The van der Waals surface area contributed by atoms with Gasteiger partial charge in [0, 0.05) is 13.0 Å². The molecule has 1 aromatic heterocycles. The van der Waals surface area contributed by atoms with E-state index in [4.69, 9.17) is 9.52 Å². The first-order valence-corrected chi connectivity index (χ1v) is 7.78. The molecule has 128 valence electrons. The van der Waals surface area contributed by atoms with E-state index in [1.54, 1.807) is 12.1 Å². The van der Waals surface area contributed by atoms with Crippen molar-refractivity contribution in [3.63, 3.8) is 0 Å². The predicted molar refractivity (Wildman–Crippen MR) is 85.0 cm³/mol. The molecule has 2 rings (SSSR count). The number of hydrogen-bond donors (Lipinski definition) is 2. The van der Waals surface area contributed by atoms with E-state index >= 15 is 0 Å². The van der Waals surface area contributed by atoms with Crippen molar-refractivity contribution in [3.05, 3.63) is 42.2 Å². The van der Waals surface area contributed by atoms with Gasteiger partial charge in [0.15, 0.2) is 17.8 Å². The molecule has 7 heteroatoms. The van der Waals surface area contributed by atoms with Crippen LogP contribution in [0.4, 0.5) is 4.39 Å². The maximum atomic E-state index is 13.8. The topological polar surface area (TPSA) is 92.4 Å². The zero-order chi connectivity index (χ0) is 17.4. The number of oxazole rings is 1. The van der Waals surface area contributed by atoms with E-state index in [-0.39, 0.29) is 23.4 Å². The van der Waals surface area contributed by atoms with E-state index < -0.39 is 17.7 Å². The minimum atomic E-state index is -0.796. The average Bonchev–Trinajstić information content (AvgIpc) is 3.03. The van der Waals surface area contributed by atoms with Crippen molar-refractivity contribution in [3.8, 4) is 11.3 Å². The van der Waals surface area contributed by atoms with Crippen molar-refractivity contribution in [1.29, 1.82) is 0 Å². The lowest BCUT2D eigenvalue weighted by Gasteiger charge is -2.05. The summed E-state index contributed by atoms with van der Waals surface area (Å²) in [7, 11) is 0. The highest BCUT2D eigenvalue weighted by Crippen LogP contribution is 2.25. The molecule has 0 bridgehead atoms. The number of carbonyl (C=O) groups excluding carboxylic acids is 1. The van der Waals surface area contributed by atoms with Gasteiger partial charge < -0.3 is 14.8 Å². The second kappa shape index (κ2) is 8.81. The third-order valence-electron chi connectivity index (χ3n) is 3.50. The highest BCUT2D eigenvalue weighted by atomic mass is 19.1. The Morgan fingerprint density at radius 3 is 2.67 bits per heavy atom. The summed E-state index contributed by atoms with van der Waals surface area (Å²) < 4.78 is 19.0. The number of aliphatic carboxylic acids is 1. The number of aromatic nitrogens is 1. The van der Waals surface area contributed by atoms with Crippen LogP contribution in [0.5, 0.6) is 0 Å². The lowest BCUT2D eigenvalue weighted by molar-refractivity contribution is -0.137. The molecule has 0 spiro atoms. The van der Waals surface area contributed by atoms with Crippen LogP contribution in [0.25, 0.3) is 11.3 Å². The van der Waals surface area contributed by atoms with Crippen molar-refractivity contribution in [1.82, 2.24) is 10.3 Å². The number of amides is 1. The molecule has 1 aromatic carbocycles. The summed E-state index contributed by atoms with van der Waals surface area (Å²) in [6.45, 7) is 0.440. The maximum Gasteiger partial charge on any atom is 0.303 e. The molecule has 0 saturated carbocycles. The van der Waals surface area contributed by atoms with E-state index in [2.05, 4.69) is 10.3 Å². The SMILES string of the molecule is O=C(O)CCCCCCNC(=O)c1ncoc1-c1ccccc1F. The van der Waals surface area contributed by atoms with Gasteiger partial charge in [0.1, 0.15) is 5.82 Å². The van der Waals surface area contributed by atoms with Crippen molar-refractivity contribution in [2.75, 3.05) is 6.54 Å². The second-order valence-corrected chi connectivity index (χ2v) is 5.32. The lowest BCUT2D eigenvalue weighted by Crippen LogP contribution is -2.25. The van der Waals surface area contributed by atoms with Crippen molar-refractivity contribution in [2.24, 2.45) is 0 Å². The molecule has 0 aliphatic rings. The molecule has 1 amide bonds. The fourth-order valence-electron chi connectivity index (χ4n) is 2.28. The zero-order valence-electron chi connectivity index (χ0n) is 13.1. The number of benzene rings is 1. The van der Waals surface area contributed by atoms with Crippen LogP contribution in [0.15, 0.2) is 35.1 Å². The van der Waals surface area contributed by atoms with Crippen LogP contribution in [-0.2, 0) is 4.79 Å². The molecule has 2 N–H and O–H groups in total. The Hall–Kier alpha value is -2.70. The molecule has 0 unspecified atom stereocenters. The van der Waals surface area contributed by atoms with E-state index in [9.17, 15) is 14.0 Å². The van der Waals surface area contributed by atoms with Gasteiger partial charge in [-0.05, 0) is 25.0 Å². The number of carboxylic acids is 1. The number of rotatable bonds is 9. The second-order valence-electron chi connectivity index (χ2n) is 5.32. The van der Waals surface area contributed by atoms with Crippen LogP contribution in [-0.4, -0.2) is 28.5 Å². The predicted octanol–water partition coefficient (Wildman–Crippen LogP) is 3.25. The molecule has 0 fully saturated rings. The van der Waals surface area contributed by atoms with E-state index in [1.807, 2.05) is 0 Å². The number of unbranched alkanes of at least 4 members (excludes halogenated alkanes) is 3. The number of nitrogens with one attached hydrogen (secondary N) is 1. The van der Waals surface area contributed by atoms with Crippen LogP contribution in [0, 0.1) is 5.82 Å². The minimum absolute atomic E-state index is 0.0472. The highest BCUT2D eigenvalue weighted by molar-refractivity contribution is 5.97. The number of halogens is 1. The molecule has 0 saturated heterocycles. The molecule has 0 radical (unpaired) electrons. The van der Waals surface area contributed by atoms with Crippen LogP contribution in [0.3, 0.4) is 0 Å². The molecule has 0 aliphatic carbocycles. The molecule has 24 heavy (non-hydrogen) atoms. The average molecular weight is 334 g/mol. The lowest BCUT2D eigenvalue weighted by atomic mass is 10.1. The van der Waals surface area contributed by atoms with E-state index in [0.717, 1.165) is 25.7 Å². The van der Waals surface area contributed by atoms with Crippen LogP contribution < -0.4 is 5.32 Å². The van der Waals surface area contributed by atoms with Gasteiger partial charge in [0.05, 0.1) is 5.56 Å². The third-order valence-corrected chi connectivity index (χ3v) is 3.50. The molecule has 2 aromatic rings. The smallest absolute Gasteiger partial charge is 0.303 e. The van der Waals surface area contributed by atoms with E-state index in [0.29, 0.717) is 13.0 Å². The fourth-order valence-corrected chi connectivity index (χ4v) is 2.28. The minimum Gasteiger partial charge on any atom is -0.481 e. The molecule has 1 heterocycles. The summed E-state index contributed by atoms with van der Waals surface area (Å²) >= 11 is 0. The Morgan fingerprint density at radius 1 is 1.17 bits per heavy atom. The van der Waals surface area contributed by atoms with Gasteiger partial charge in [-0.2, -0.15) is 0 Å². The normalized spacial score (nSPS) is 10.5. The molecule has 0 aliphatic heterocycles. The summed E-state index contributed by atoms with van der Waals surface area (Å²) in [6, 6.07) is 6.02. The van der Waals surface area contributed by atoms with Crippen molar-refractivity contribution >= 4 is 11.9 Å². The quantitative estimate of drug-likeness (QED) is 0.687. The number of hydrogen-bond acceptors (Lipinski definition) is 4. The number of carbonyl (C=O) groups is 2. The Morgan fingerprint density at radius 2 is 1.92 bits per heavy atom. The summed E-state index contributed by atoms with van der Waals surface area (Å²) in [5, 5.41) is 11.2. The summed E-state index contributed by atoms with van der Waals surface area (Å²) in [6.07, 6.45) is 4.27. The maximum absolute atomic E-state index is 13.8. The largest absolute Gasteiger partial charge is 0.481 e. The molecular weight excluding hydrogens is 315 g/mol. The third kappa shape index (κ3) is 4.91. The highest BCUT2D eigenvalue weighted by Gasteiger charge is 2.20. The molecule has 0 atom stereocenters. The number of carboxylic acid groups (broad SMARTS) is 1. The Labute approximate surface area is 138 Å². The van der Waals surface area contributed by atoms with Crippen LogP contribution in [0.2, 0.25) is 0 Å². The number of nitrogens with zero attached hydrogens (tertiary/aromatic N) is 1. The van der Waals surface area contributed by atoms with Gasteiger partial charge in [0.2, 0.25) is 0 Å². The van der Waals surface area contributed by atoms with Crippen LogP contribution >= 0.6 is 0 Å². The standard InChI is InChI=1S/C17H19FN2O4/c18-13-8-5-4-7-12(13)16-15(20-11-24-16)17(23)19-10-6-2-1-3-9-14(21)22/h4-5,7-8,11H,1-3,6,9-10H2,(H,19,23)(H,21,22). The van der Waals surface area contributed by atoms with Crippen molar-refractivity contribution in [2.45, 2.75) is 32.1 Å². The molecular formula is C17H19FN2O4. The first-order chi connectivity index (χ1) is 11.6. The van der Waals surface area contributed by atoms with Gasteiger partial charge in [0.25, 0.3) is 5.91 Å². The monoisotopic (exact) mass is 334 g/mol. The van der Waals surface area contributed by atoms with Gasteiger partial charge in [-0.25, -0.2) is 9.37 Å². The van der Waals surface area contributed by atoms with Crippen LogP contribution in [0.1, 0.15) is 42.6 Å². The first kappa shape index (κ1) is 17.7. The fraction of sp³-hybridized carbons (Fsp3) is 0.353. The van der Waals surface area contributed by atoms with Gasteiger partial charge in [-0.3, -0.25) is 9.59 Å². The zero-order valence-corrected chi connectivity index (χ0v) is 13.1. The summed E-state index contributed by atoms with van der Waals surface area (Å²) in [5.74, 6) is -1.60. The van der Waals surface area contributed by atoms with Gasteiger partial charge in [-0.1, -0.05) is 25.0 Å². The molecule has 6 nitrogen and oxygen atoms in total. The summed E-state index contributed by atoms with van der Waals surface area (Å²) in [4.78, 5) is 26.4. The first-order valence-electron chi connectivity index (χ1n) is 7.78. The van der Waals surface area contributed by atoms with E-state index in [1.165, 1.54) is 12.1 Å². The summed E-state index contributed by atoms with van der Waals surface area (Å²) in [5.41, 5.74) is 0.236. The van der Waals surface area contributed by atoms with Gasteiger partial charge in [-0.15, -0.1) is 0 Å². The Kier molecular flexibility index (Phi) is 6.48.